The molecule has 0 radical (unpaired) electrons. The molecule has 0 saturated heterocycles. The lowest BCUT2D eigenvalue weighted by atomic mass is 10.1. The largest absolute Gasteiger partial charge is 0.396 e. The van der Waals surface area contributed by atoms with Crippen molar-refractivity contribution in [3.63, 3.8) is 0 Å². The minimum atomic E-state index is 0.714. The minimum Gasteiger partial charge on any atom is -0.396 e. The highest BCUT2D eigenvalue weighted by molar-refractivity contribution is 7.30. The molecule has 0 saturated carbocycles. The molecule has 0 aliphatic heterocycles. The molecule has 0 unspecified atom stereocenters. The molecule has 0 aliphatic carbocycles. The van der Waals surface area contributed by atoms with Gasteiger partial charge in [0.1, 0.15) is 0 Å². The van der Waals surface area contributed by atoms with Gasteiger partial charge in [0, 0.05) is 29.3 Å². The Labute approximate surface area is 253 Å². The van der Waals surface area contributed by atoms with Crippen LogP contribution in [0.25, 0.3) is 39.0 Å². The molecule has 5 rings (SSSR count). The zero-order valence-corrected chi connectivity index (χ0v) is 27.0. The van der Waals surface area contributed by atoms with E-state index in [1.165, 1.54) is 105 Å². The number of hydrogen-bond donors (Lipinski definition) is 2. The maximum Gasteiger partial charge on any atom is 0.0752 e. The monoisotopic (exact) mass is 610 g/mol. The number of hydrogen-bond acceptors (Lipinski definition) is 7. The Morgan fingerprint density at radius 2 is 0.949 bits per heavy atom. The van der Waals surface area contributed by atoms with Crippen LogP contribution in [0.2, 0.25) is 0 Å². The Bertz CT molecular complexity index is 1370. The van der Waals surface area contributed by atoms with Crippen molar-refractivity contribution in [3.8, 4) is 39.0 Å². The Hall–Kier alpha value is -1.90. The Balaban J connectivity index is 1.29. The molecule has 5 heterocycles. The molecule has 5 aromatic rings. The minimum absolute atomic E-state index is 0.714. The van der Waals surface area contributed by atoms with E-state index < -0.39 is 0 Å². The van der Waals surface area contributed by atoms with Gasteiger partial charge < -0.3 is 11.5 Å². The van der Waals surface area contributed by atoms with E-state index in [1.807, 2.05) is 45.3 Å². The number of nitrogen functional groups attached to an aromatic ring is 2. The second kappa shape index (κ2) is 13.6. The summed E-state index contributed by atoms with van der Waals surface area (Å²) < 4.78 is 0. The van der Waals surface area contributed by atoms with Crippen LogP contribution < -0.4 is 11.5 Å². The summed E-state index contributed by atoms with van der Waals surface area (Å²) in [6, 6.07) is 13.6. The fraction of sp³-hybridized carbons (Fsp3) is 0.375. The van der Waals surface area contributed by atoms with E-state index in [0.29, 0.717) is 11.4 Å². The summed E-state index contributed by atoms with van der Waals surface area (Å²) in [5.41, 5.74) is 17.5. The van der Waals surface area contributed by atoms with Gasteiger partial charge in [0.15, 0.2) is 0 Å². The van der Waals surface area contributed by atoms with E-state index in [4.69, 9.17) is 11.5 Å². The predicted molar refractivity (Wildman–Crippen MR) is 182 cm³/mol. The zero-order chi connectivity index (χ0) is 27.2. The third-order valence-corrected chi connectivity index (χ3v) is 13.2. The van der Waals surface area contributed by atoms with Gasteiger partial charge in [-0.05, 0) is 84.0 Å². The third kappa shape index (κ3) is 6.88. The van der Waals surface area contributed by atoms with Crippen LogP contribution in [0.5, 0.6) is 0 Å². The first-order valence-corrected chi connectivity index (χ1v) is 18.3. The summed E-state index contributed by atoms with van der Waals surface area (Å²) in [5, 5.41) is 4.65. The Morgan fingerprint density at radius 3 is 1.38 bits per heavy atom. The first-order valence-electron chi connectivity index (χ1n) is 14.1. The predicted octanol–water partition coefficient (Wildman–Crippen LogP) is 12.1. The first kappa shape index (κ1) is 28.6. The van der Waals surface area contributed by atoms with Crippen LogP contribution >= 0.6 is 56.7 Å². The molecule has 7 heteroatoms. The average molecular weight is 611 g/mol. The molecular formula is C32H38N2S5. The molecule has 0 atom stereocenters. The number of anilines is 2. The number of aryl methyl sites for hydroxylation is 2. The lowest BCUT2D eigenvalue weighted by Crippen LogP contribution is -1.91. The van der Waals surface area contributed by atoms with Crippen LogP contribution in [0.1, 0.15) is 76.3 Å². The van der Waals surface area contributed by atoms with Gasteiger partial charge in [-0.15, -0.1) is 56.7 Å². The maximum absolute atomic E-state index is 6.59. The Kier molecular flexibility index (Phi) is 10.0. The van der Waals surface area contributed by atoms with E-state index in [2.05, 4.69) is 61.0 Å². The van der Waals surface area contributed by atoms with Gasteiger partial charge in [0.25, 0.3) is 0 Å². The maximum atomic E-state index is 6.59. The summed E-state index contributed by atoms with van der Waals surface area (Å²) in [6.45, 7) is 4.53. The topological polar surface area (TPSA) is 52.0 Å². The van der Waals surface area contributed by atoms with Gasteiger partial charge in [-0.2, -0.15) is 0 Å². The smallest absolute Gasteiger partial charge is 0.0752 e. The van der Waals surface area contributed by atoms with Crippen molar-refractivity contribution in [2.24, 2.45) is 0 Å². The highest BCUT2D eigenvalue weighted by Gasteiger charge is 2.20. The second-order valence-corrected chi connectivity index (χ2v) is 15.2. The summed E-state index contributed by atoms with van der Waals surface area (Å²) in [7, 11) is 0. The fourth-order valence-corrected chi connectivity index (χ4v) is 10.3. The lowest BCUT2D eigenvalue weighted by Gasteiger charge is -1.97. The van der Waals surface area contributed by atoms with Gasteiger partial charge in [0.05, 0.1) is 21.1 Å². The third-order valence-electron chi connectivity index (χ3n) is 7.07. The molecule has 0 spiro atoms. The highest BCUT2D eigenvalue weighted by atomic mass is 32.1. The molecule has 0 amide bonds. The molecule has 5 aromatic heterocycles. The second-order valence-electron chi connectivity index (χ2n) is 10.2. The molecule has 0 aromatic carbocycles. The summed E-state index contributed by atoms with van der Waals surface area (Å²) in [6.07, 6.45) is 12.8. The van der Waals surface area contributed by atoms with Crippen LogP contribution in [0, 0.1) is 0 Å². The number of rotatable bonds is 14. The molecule has 4 N–H and O–H groups in total. The van der Waals surface area contributed by atoms with E-state index >= 15 is 0 Å². The fourth-order valence-electron chi connectivity index (χ4n) is 4.79. The van der Waals surface area contributed by atoms with Crippen molar-refractivity contribution >= 4 is 68.1 Å². The van der Waals surface area contributed by atoms with Crippen LogP contribution in [0.3, 0.4) is 0 Å². The Morgan fingerprint density at radius 1 is 0.513 bits per heavy atom. The molecule has 0 fully saturated rings. The summed E-state index contributed by atoms with van der Waals surface area (Å²) >= 11 is 9.08. The molecule has 0 bridgehead atoms. The van der Waals surface area contributed by atoms with Crippen molar-refractivity contribution in [2.75, 3.05) is 11.5 Å². The highest BCUT2D eigenvalue weighted by Crippen LogP contribution is 2.51. The molecule has 2 nitrogen and oxygen atoms in total. The van der Waals surface area contributed by atoms with Crippen molar-refractivity contribution in [1.29, 1.82) is 0 Å². The van der Waals surface area contributed by atoms with Crippen LogP contribution in [0.15, 0.2) is 47.2 Å². The summed E-state index contributed by atoms with van der Waals surface area (Å²) in [4.78, 5) is 9.91. The first-order chi connectivity index (χ1) is 19.1. The van der Waals surface area contributed by atoms with Gasteiger partial charge >= 0.3 is 0 Å². The molecule has 0 aliphatic rings. The SMILES string of the molecule is CCCCCCc1csc(-c2ccc(-c3sc(-c4ccc(-c5cc(CCCCCC)cs5)s4)c(N)c3N)s2)c1. The molecule has 39 heavy (non-hydrogen) atoms. The number of nitrogens with two attached hydrogens (primary N) is 2. The van der Waals surface area contributed by atoms with Gasteiger partial charge in [0.2, 0.25) is 0 Å². The summed E-state index contributed by atoms with van der Waals surface area (Å²) in [5.74, 6) is 0. The van der Waals surface area contributed by atoms with Crippen molar-refractivity contribution in [2.45, 2.75) is 78.1 Å². The molecular weight excluding hydrogens is 573 g/mol. The van der Waals surface area contributed by atoms with Crippen LogP contribution in [0.4, 0.5) is 11.4 Å². The van der Waals surface area contributed by atoms with E-state index in [9.17, 15) is 0 Å². The van der Waals surface area contributed by atoms with Crippen molar-refractivity contribution < 1.29 is 0 Å². The van der Waals surface area contributed by atoms with Crippen LogP contribution in [-0.2, 0) is 12.8 Å². The lowest BCUT2D eigenvalue weighted by molar-refractivity contribution is 0.667. The number of thiophene rings is 5. The van der Waals surface area contributed by atoms with Crippen molar-refractivity contribution in [1.82, 2.24) is 0 Å². The quantitative estimate of drug-likeness (QED) is 0.123. The zero-order valence-electron chi connectivity index (χ0n) is 22.9. The normalized spacial score (nSPS) is 11.5. The van der Waals surface area contributed by atoms with Gasteiger partial charge in [-0.3, -0.25) is 0 Å². The van der Waals surface area contributed by atoms with Gasteiger partial charge in [-0.25, -0.2) is 0 Å². The van der Waals surface area contributed by atoms with Crippen LogP contribution in [-0.4, -0.2) is 0 Å². The van der Waals surface area contributed by atoms with Crippen molar-refractivity contribution in [3.05, 3.63) is 58.3 Å². The van der Waals surface area contributed by atoms with E-state index in [0.717, 1.165) is 9.75 Å². The van der Waals surface area contributed by atoms with Gasteiger partial charge in [-0.1, -0.05) is 52.4 Å². The average Bonchev–Trinajstić information content (AvgIpc) is 3.76. The van der Waals surface area contributed by atoms with E-state index in [-0.39, 0.29) is 0 Å². The molecule has 206 valence electrons. The van der Waals surface area contributed by atoms with E-state index in [1.54, 1.807) is 11.3 Å². The number of unbranched alkanes of at least 4 members (excludes halogenated alkanes) is 6. The standard InChI is InChI=1S/C32H38N2S5/c1-3-5-7-9-11-21-17-27(35-19-21)23-13-15-25(37-23)31-29(33)30(34)32(39-31)26-16-14-24(38-26)28-18-22(20-36-28)12-10-8-6-4-2/h13-20H,3-12,33-34H2,1-2H3.